The lowest BCUT2D eigenvalue weighted by Gasteiger charge is -2.31. The number of halogens is 1. The number of amides is 2. The number of carboxylic acid groups (broad SMARTS) is 1. The lowest BCUT2D eigenvalue weighted by Crippen LogP contribution is -2.46. The van der Waals surface area contributed by atoms with Gasteiger partial charge in [-0.25, -0.2) is 0 Å². The maximum Gasteiger partial charge on any atom is 0.306 e. The highest BCUT2D eigenvalue weighted by molar-refractivity contribution is 6.30. The predicted octanol–water partition coefficient (Wildman–Crippen LogP) is 2.24. The quantitative estimate of drug-likeness (QED) is 0.593. The standard InChI is InChI=1S/C21H30ClN3O4/c1-13(2)19(23)20(27)24-12-16(14-3-5-17(22)6-4-14)11-18(26)25-9-7-15(8-10-25)21(28)29/h3-6,13,15-16,19H,7-12,23H2,1-2H3,(H,24,27)(H,28,29). The summed E-state index contributed by atoms with van der Waals surface area (Å²) in [6, 6.07) is 6.62. The average Bonchev–Trinajstić information content (AvgIpc) is 2.70. The molecular weight excluding hydrogens is 394 g/mol. The molecule has 0 bridgehead atoms. The van der Waals surface area contributed by atoms with Gasteiger partial charge in [0.25, 0.3) is 0 Å². The summed E-state index contributed by atoms with van der Waals surface area (Å²) in [5, 5.41) is 12.6. The van der Waals surface area contributed by atoms with E-state index in [0.29, 0.717) is 31.0 Å². The number of hydrogen-bond donors (Lipinski definition) is 3. The molecule has 1 fully saturated rings. The molecule has 1 heterocycles. The Balaban J connectivity index is 2.03. The van der Waals surface area contributed by atoms with Crippen LogP contribution in [0.15, 0.2) is 24.3 Å². The molecule has 8 heteroatoms. The summed E-state index contributed by atoms with van der Waals surface area (Å²) in [5.41, 5.74) is 6.81. The summed E-state index contributed by atoms with van der Waals surface area (Å²) in [6.45, 7) is 4.93. The van der Waals surface area contributed by atoms with Gasteiger partial charge in [0.1, 0.15) is 0 Å². The molecule has 2 unspecified atom stereocenters. The van der Waals surface area contributed by atoms with Gasteiger partial charge >= 0.3 is 5.97 Å². The summed E-state index contributed by atoms with van der Waals surface area (Å²) >= 11 is 5.98. The molecule has 0 aromatic heterocycles. The molecule has 1 aliphatic heterocycles. The Morgan fingerprint density at radius 3 is 2.31 bits per heavy atom. The topological polar surface area (TPSA) is 113 Å². The highest BCUT2D eigenvalue weighted by atomic mass is 35.5. The average molecular weight is 424 g/mol. The molecular formula is C21H30ClN3O4. The van der Waals surface area contributed by atoms with Crippen molar-refractivity contribution in [3.05, 3.63) is 34.9 Å². The van der Waals surface area contributed by atoms with Gasteiger partial charge in [-0.15, -0.1) is 0 Å². The van der Waals surface area contributed by atoms with Crippen molar-refractivity contribution in [3.8, 4) is 0 Å². The van der Waals surface area contributed by atoms with E-state index >= 15 is 0 Å². The molecule has 1 aromatic carbocycles. The van der Waals surface area contributed by atoms with Gasteiger partial charge in [-0.2, -0.15) is 0 Å². The number of carbonyl (C=O) groups is 3. The number of piperidine rings is 1. The predicted molar refractivity (Wildman–Crippen MR) is 112 cm³/mol. The van der Waals surface area contributed by atoms with Crippen molar-refractivity contribution in [1.82, 2.24) is 10.2 Å². The van der Waals surface area contributed by atoms with Gasteiger partial charge in [0.15, 0.2) is 0 Å². The molecule has 29 heavy (non-hydrogen) atoms. The minimum atomic E-state index is -0.805. The van der Waals surface area contributed by atoms with E-state index in [2.05, 4.69) is 5.32 Å². The number of nitrogens with one attached hydrogen (secondary N) is 1. The van der Waals surface area contributed by atoms with Crippen molar-refractivity contribution in [2.24, 2.45) is 17.6 Å². The lowest BCUT2D eigenvalue weighted by atomic mass is 9.93. The van der Waals surface area contributed by atoms with Crippen molar-refractivity contribution in [1.29, 1.82) is 0 Å². The molecule has 2 amide bonds. The highest BCUT2D eigenvalue weighted by Gasteiger charge is 2.29. The van der Waals surface area contributed by atoms with E-state index in [0.717, 1.165) is 5.56 Å². The summed E-state index contributed by atoms with van der Waals surface area (Å²) in [6.07, 6.45) is 1.15. The minimum absolute atomic E-state index is 0.0149. The van der Waals surface area contributed by atoms with E-state index in [1.54, 1.807) is 17.0 Å². The maximum atomic E-state index is 12.8. The molecule has 4 N–H and O–H groups in total. The second kappa shape index (κ2) is 10.6. The first-order valence-corrected chi connectivity index (χ1v) is 10.4. The fourth-order valence-corrected chi connectivity index (χ4v) is 3.53. The van der Waals surface area contributed by atoms with Crippen LogP contribution in [0.3, 0.4) is 0 Å². The number of carboxylic acids is 1. The van der Waals surface area contributed by atoms with Gasteiger partial charge in [0.2, 0.25) is 11.8 Å². The van der Waals surface area contributed by atoms with Gasteiger partial charge < -0.3 is 21.1 Å². The first-order chi connectivity index (χ1) is 13.7. The fourth-order valence-electron chi connectivity index (χ4n) is 3.40. The number of rotatable bonds is 8. The van der Waals surface area contributed by atoms with Gasteiger partial charge in [0, 0.05) is 37.0 Å². The molecule has 2 atom stereocenters. The van der Waals surface area contributed by atoms with Crippen molar-refractivity contribution in [3.63, 3.8) is 0 Å². The Morgan fingerprint density at radius 2 is 1.79 bits per heavy atom. The number of nitrogens with zero attached hydrogens (tertiary/aromatic N) is 1. The minimum Gasteiger partial charge on any atom is -0.481 e. The largest absolute Gasteiger partial charge is 0.481 e. The Morgan fingerprint density at radius 1 is 1.21 bits per heavy atom. The van der Waals surface area contributed by atoms with Crippen molar-refractivity contribution < 1.29 is 19.5 Å². The molecule has 1 saturated heterocycles. The van der Waals surface area contributed by atoms with Crippen molar-refractivity contribution in [2.75, 3.05) is 19.6 Å². The molecule has 0 radical (unpaired) electrons. The summed E-state index contributed by atoms with van der Waals surface area (Å²) < 4.78 is 0. The van der Waals surface area contributed by atoms with Crippen LogP contribution in [0.5, 0.6) is 0 Å². The number of benzene rings is 1. The molecule has 0 spiro atoms. The third-order valence-corrected chi connectivity index (χ3v) is 5.75. The van der Waals surface area contributed by atoms with Crippen molar-refractivity contribution in [2.45, 2.75) is 45.1 Å². The Kier molecular flexibility index (Phi) is 8.46. The zero-order valence-corrected chi connectivity index (χ0v) is 17.7. The molecule has 2 rings (SSSR count). The third-order valence-electron chi connectivity index (χ3n) is 5.50. The van der Waals surface area contributed by atoms with Gasteiger partial charge in [-0.1, -0.05) is 37.6 Å². The smallest absolute Gasteiger partial charge is 0.306 e. The monoisotopic (exact) mass is 423 g/mol. The van der Waals surface area contributed by atoms with Crippen LogP contribution >= 0.6 is 11.6 Å². The molecule has 0 saturated carbocycles. The van der Waals surface area contributed by atoms with E-state index in [-0.39, 0.29) is 42.5 Å². The zero-order chi connectivity index (χ0) is 21.6. The second-order valence-electron chi connectivity index (χ2n) is 7.96. The first kappa shape index (κ1) is 23.2. The van der Waals surface area contributed by atoms with E-state index in [1.807, 2.05) is 26.0 Å². The van der Waals surface area contributed by atoms with Crippen LogP contribution in [0.25, 0.3) is 0 Å². The van der Waals surface area contributed by atoms with Gasteiger partial charge in [-0.3, -0.25) is 14.4 Å². The van der Waals surface area contributed by atoms with Crippen LogP contribution in [0.4, 0.5) is 0 Å². The van der Waals surface area contributed by atoms with E-state index < -0.39 is 12.0 Å². The Bertz CT molecular complexity index is 715. The highest BCUT2D eigenvalue weighted by Crippen LogP contribution is 2.24. The van der Waals surface area contributed by atoms with E-state index in [9.17, 15) is 14.4 Å². The van der Waals surface area contributed by atoms with E-state index in [4.69, 9.17) is 22.4 Å². The zero-order valence-electron chi connectivity index (χ0n) is 16.9. The molecule has 1 aliphatic rings. The fraction of sp³-hybridized carbons (Fsp3) is 0.571. The van der Waals surface area contributed by atoms with Crippen LogP contribution in [0.1, 0.15) is 44.6 Å². The normalized spacial score (nSPS) is 17.1. The number of aliphatic carboxylic acids is 1. The Labute approximate surface area is 176 Å². The van der Waals surface area contributed by atoms with E-state index in [1.165, 1.54) is 0 Å². The summed E-state index contributed by atoms with van der Waals surface area (Å²) in [5.74, 6) is -1.69. The molecule has 1 aromatic rings. The third kappa shape index (κ3) is 6.72. The number of carbonyl (C=O) groups excluding carboxylic acids is 2. The number of likely N-dealkylation sites (tertiary alicyclic amines) is 1. The first-order valence-electron chi connectivity index (χ1n) is 9.98. The summed E-state index contributed by atoms with van der Waals surface area (Å²) in [4.78, 5) is 37.9. The molecule has 160 valence electrons. The summed E-state index contributed by atoms with van der Waals surface area (Å²) in [7, 11) is 0. The van der Waals surface area contributed by atoms with Gasteiger partial charge in [0.05, 0.1) is 12.0 Å². The van der Waals surface area contributed by atoms with Crippen LogP contribution in [0.2, 0.25) is 5.02 Å². The van der Waals surface area contributed by atoms with Crippen LogP contribution in [-0.2, 0) is 14.4 Å². The SMILES string of the molecule is CC(C)C(N)C(=O)NCC(CC(=O)N1CCC(C(=O)O)CC1)c1ccc(Cl)cc1. The maximum absolute atomic E-state index is 12.8. The van der Waals surface area contributed by atoms with Gasteiger partial charge in [-0.05, 0) is 36.5 Å². The number of hydrogen-bond acceptors (Lipinski definition) is 4. The van der Waals surface area contributed by atoms with Crippen molar-refractivity contribution >= 4 is 29.4 Å². The second-order valence-corrected chi connectivity index (χ2v) is 8.40. The van der Waals surface area contributed by atoms with Crippen LogP contribution in [0, 0.1) is 11.8 Å². The van der Waals surface area contributed by atoms with Crippen LogP contribution in [-0.4, -0.2) is 53.5 Å². The number of nitrogens with two attached hydrogens (primary N) is 1. The Hall–Kier alpha value is -2.12. The lowest BCUT2D eigenvalue weighted by molar-refractivity contribution is -0.145. The molecule has 0 aliphatic carbocycles. The molecule has 7 nitrogen and oxygen atoms in total. The van der Waals surface area contributed by atoms with Crippen LogP contribution < -0.4 is 11.1 Å².